The van der Waals surface area contributed by atoms with Gasteiger partial charge in [-0.2, -0.15) is 0 Å². The third-order valence-electron chi connectivity index (χ3n) is 2.74. The van der Waals surface area contributed by atoms with E-state index in [2.05, 4.69) is 9.98 Å². The molecular weight excluding hydrogens is 345 g/mol. The molecule has 0 unspecified atom stereocenters. The Balaban J connectivity index is 2.53. The number of carbonyl (C=O) groups is 1. The quantitative estimate of drug-likeness (QED) is 0.291. The minimum absolute atomic E-state index is 0.0129. The first-order valence-corrected chi connectivity index (χ1v) is 7.50. The van der Waals surface area contributed by atoms with Crippen molar-refractivity contribution < 1.29 is 27.8 Å². The SMILES string of the molecule is CCOC(=O)C(/C=N/c1nccs1)=C(/O)c1cc(F)c(F)cc1F. The van der Waals surface area contributed by atoms with Gasteiger partial charge >= 0.3 is 5.97 Å². The summed E-state index contributed by atoms with van der Waals surface area (Å²) >= 11 is 1.16. The highest BCUT2D eigenvalue weighted by Crippen LogP contribution is 2.23. The monoisotopic (exact) mass is 356 g/mol. The Morgan fingerprint density at radius 1 is 1.33 bits per heavy atom. The molecule has 2 rings (SSSR count). The van der Waals surface area contributed by atoms with Gasteiger partial charge in [0.15, 0.2) is 11.6 Å². The van der Waals surface area contributed by atoms with Gasteiger partial charge in [0.1, 0.15) is 17.1 Å². The molecule has 5 nitrogen and oxygen atoms in total. The van der Waals surface area contributed by atoms with Crippen molar-refractivity contribution in [2.75, 3.05) is 6.61 Å². The van der Waals surface area contributed by atoms with Crippen molar-refractivity contribution in [1.29, 1.82) is 0 Å². The summed E-state index contributed by atoms with van der Waals surface area (Å²) in [5, 5.41) is 12.1. The van der Waals surface area contributed by atoms with Gasteiger partial charge in [0.05, 0.1) is 12.2 Å². The summed E-state index contributed by atoms with van der Waals surface area (Å²) < 4.78 is 44.9. The highest BCUT2D eigenvalue weighted by atomic mass is 32.1. The number of ether oxygens (including phenoxy) is 1. The second kappa shape index (κ2) is 7.73. The molecule has 9 heteroatoms. The molecule has 0 atom stereocenters. The molecule has 0 bridgehead atoms. The lowest BCUT2D eigenvalue weighted by molar-refractivity contribution is -0.137. The Morgan fingerprint density at radius 2 is 2.04 bits per heavy atom. The van der Waals surface area contributed by atoms with Crippen molar-refractivity contribution in [3.05, 3.63) is 52.3 Å². The van der Waals surface area contributed by atoms with Crippen LogP contribution >= 0.6 is 11.3 Å². The summed E-state index contributed by atoms with van der Waals surface area (Å²) in [6.07, 6.45) is 2.40. The number of nitrogens with zero attached hydrogens (tertiary/aromatic N) is 2. The number of rotatable bonds is 5. The molecule has 0 aliphatic rings. The predicted molar refractivity (Wildman–Crippen MR) is 82.8 cm³/mol. The van der Waals surface area contributed by atoms with Crippen LogP contribution in [0.4, 0.5) is 18.3 Å². The molecule has 1 aromatic heterocycles. The molecule has 0 spiro atoms. The molecule has 1 aromatic carbocycles. The van der Waals surface area contributed by atoms with E-state index in [0.29, 0.717) is 6.07 Å². The Labute approximate surface area is 138 Å². The number of thiazole rings is 1. The van der Waals surface area contributed by atoms with E-state index in [1.165, 1.54) is 13.1 Å². The van der Waals surface area contributed by atoms with Crippen LogP contribution in [0, 0.1) is 17.5 Å². The molecule has 0 aliphatic heterocycles. The van der Waals surface area contributed by atoms with Gasteiger partial charge in [0.25, 0.3) is 0 Å². The van der Waals surface area contributed by atoms with Crippen molar-refractivity contribution in [1.82, 2.24) is 4.98 Å². The molecule has 0 aliphatic carbocycles. The molecule has 0 amide bonds. The second-order valence-electron chi connectivity index (χ2n) is 4.30. The van der Waals surface area contributed by atoms with Crippen LogP contribution in [0.2, 0.25) is 0 Å². The molecule has 1 N–H and O–H groups in total. The van der Waals surface area contributed by atoms with E-state index >= 15 is 0 Å². The van der Waals surface area contributed by atoms with Crippen LogP contribution in [0.25, 0.3) is 5.76 Å². The molecular formula is C15H11F3N2O3S. The zero-order valence-electron chi connectivity index (χ0n) is 12.3. The Bertz CT molecular complexity index is 805. The van der Waals surface area contributed by atoms with E-state index in [0.717, 1.165) is 17.6 Å². The van der Waals surface area contributed by atoms with Gasteiger partial charge in [0.2, 0.25) is 5.13 Å². The van der Waals surface area contributed by atoms with Gasteiger partial charge in [-0.1, -0.05) is 0 Å². The number of hydrogen-bond donors (Lipinski definition) is 1. The highest BCUT2D eigenvalue weighted by molar-refractivity contribution is 7.13. The number of halogens is 3. The van der Waals surface area contributed by atoms with Crippen LogP contribution in [-0.4, -0.2) is 28.9 Å². The molecule has 1 heterocycles. The Morgan fingerprint density at radius 3 is 2.67 bits per heavy atom. The van der Waals surface area contributed by atoms with Gasteiger partial charge in [-0.3, -0.25) is 0 Å². The van der Waals surface area contributed by atoms with Gasteiger partial charge in [0, 0.05) is 23.9 Å². The lowest BCUT2D eigenvalue weighted by Crippen LogP contribution is -2.12. The van der Waals surface area contributed by atoms with Crippen molar-refractivity contribution in [2.45, 2.75) is 6.92 Å². The van der Waals surface area contributed by atoms with Gasteiger partial charge in [-0.25, -0.2) is 27.9 Å². The van der Waals surface area contributed by atoms with Crippen molar-refractivity contribution in [3.63, 3.8) is 0 Å². The summed E-state index contributed by atoms with van der Waals surface area (Å²) in [5.74, 6) is -5.96. The standard InChI is InChI=1S/C15H11F3N2O3S/c1-2-23-14(22)9(7-20-15-19-3-4-24-15)13(21)8-5-11(17)12(18)6-10(8)16/h3-7,21H,2H2,1H3/b13-9+,20-7+. The zero-order chi connectivity index (χ0) is 17.7. The molecule has 126 valence electrons. The fourth-order valence-electron chi connectivity index (χ4n) is 1.67. The number of aromatic nitrogens is 1. The normalized spacial score (nSPS) is 12.3. The van der Waals surface area contributed by atoms with Crippen molar-refractivity contribution in [2.24, 2.45) is 4.99 Å². The maximum absolute atomic E-state index is 13.8. The smallest absolute Gasteiger partial charge is 0.343 e. The first-order valence-electron chi connectivity index (χ1n) is 6.62. The summed E-state index contributed by atoms with van der Waals surface area (Å²) in [4.78, 5) is 19.7. The van der Waals surface area contributed by atoms with Crippen molar-refractivity contribution >= 4 is 34.4 Å². The van der Waals surface area contributed by atoms with Crippen LogP contribution in [0.5, 0.6) is 0 Å². The third kappa shape index (κ3) is 3.99. The van der Waals surface area contributed by atoms with E-state index in [4.69, 9.17) is 4.74 Å². The zero-order valence-corrected chi connectivity index (χ0v) is 13.1. The minimum atomic E-state index is -1.42. The summed E-state index contributed by atoms with van der Waals surface area (Å²) in [5.41, 5.74) is -1.21. The summed E-state index contributed by atoms with van der Waals surface area (Å²) in [6.45, 7) is 1.52. The average molecular weight is 356 g/mol. The lowest BCUT2D eigenvalue weighted by Gasteiger charge is -2.08. The van der Waals surface area contributed by atoms with E-state index in [1.54, 1.807) is 5.38 Å². The number of benzene rings is 1. The molecule has 0 saturated heterocycles. The maximum Gasteiger partial charge on any atom is 0.343 e. The van der Waals surface area contributed by atoms with Crippen molar-refractivity contribution in [3.8, 4) is 0 Å². The minimum Gasteiger partial charge on any atom is -0.506 e. The number of aliphatic imine (C=N–C) groups is 1. The molecule has 0 saturated carbocycles. The first-order chi connectivity index (χ1) is 11.4. The maximum atomic E-state index is 13.8. The van der Waals surface area contributed by atoms with E-state index < -0.39 is 40.3 Å². The lowest BCUT2D eigenvalue weighted by atomic mass is 10.1. The number of aliphatic hydroxyl groups is 1. The fourth-order valence-corrected chi connectivity index (χ4v) is 2.15. The van der Waals surface area contributed by atoms with Crippen LogP contribution < -0.4 is 0 Å². The Kier molecular flexibility index (Phi) is 5.69. The molecule has 0 radical (unpaired) electrons. The largest absolute Gasteiger partial charge is 0.506 e. The fraction of sp³-hybridized carbons (Fsp3) is 0.133. The Hall–Kier alpha value is -2.68. The predicted octanol–water partition coefficient (Wildman–Crippen LogP) is 3.80. The van der Waals surface area contributed by atoms with Crippen LogP contribution in [0.15, 0.2) is 34.3 Å². The molecule has 24 heavy (non-hydrogen) atoms. The van der Waals surface area contributed by atoms with E-state index in [-0.39, 0.29) is 17.8 Å². The van der Waals surface area contributed by atoms with Crippen LogP contribution in [0.3, 0.4) is 0 Å². The topological polar surface area (TPSA) is 71.8 Å². The second-order valence-corrected chi connectivity index (χ2v) is 5.17. The van der Waals surface area contributed by atoms with E-state index in [1.807, 2.05) is 0 Å². The highest BCUT2D eigenvalue weighted by Gasteiger charge is 2.21. The van der Waals surface area contributed by atoms with Gasteiger partial charge in [-0.15, -0.1) is 11.3 Å². The van der Waals surface area contributed by atoms with E-state index in [9.17, 15) is 23.1 Å². The summed E-state index contributed by atoms with van der Waals surface area (Å²) in [7, 11) is 0. The van der Waals surface area contributed by atoms with Gasteiger partial charge < -0.3 is 9.84 Å². The van der Waals surface area contributed by atoms with Gasteiger partial charge in [-0.05, 0) is 13.0 Å². The molecule has 0 fully saturated rings. The average Bonchev–Trinajstić information content (AvgIpc) is 3.04. The number of esters is 1. The number of hydrogen-bond acceptors (Lipinski definition) is 6. The third-order valence-corrected chi connectivity index (χ3v) is 3.42. The first kappa shape index (κ1) is 17.7. The molecule has 2 aromatic rings. The van der Waals surface area contributed by atoms with Crippen LogP contribution in [-0.2, 0) is 9.53 Å². The number of carbonyl (C=O) groups excluding carboxylic acids is 1. The number of aliphatic hydroxyl groups excluding tert-OH is 1. The van der Waals surface area contributed by atoms with Crippen LogP contribution in [0.1, 0.15) is 12.5 Å². The summed E-state index contributed by atoms with van der Waals surface area (Å²) in [6, 6.07) is 0.706.